The molecule has 0 atom stereocenters. The normalized spacial score (nSPS) is 11.2. The molecule has 8 nitrogen and oxygen atoms in total. The van der Waals surface area contributed by atoms with Crippen LogP contribution in [0.4, 0.5) is 0 Å². The van der Waals surface area contributed by atoms with E-state index in [-0.39, 0.29) is 4.90 Å². The molecule has 0 saturated heterocycles. The van der Waals surface area contributed by atoms with E-state index in [2.05, 4.69) is 9.93 Å². The number of ether oxygens (including phenoxy) is 3. The summed E-state index contributed by atoms with van der Waals surface area (Å²) in [5.41, 5.74) is 0.621. The zero-order chi connectivity index (χ0) is 19.2. The van der Waals surface area contributed by atoms with Crippen molar-refractivity contribution in [3.63, 3.8) is 0 Å². The topological polar surface area (TPSA) is 103 Å². The zero-order valence-electron chi connectivity index (χ0n) is 14.4. The van der Waals surface area contributed by atoms with E-state index in [9.17, 15) is 13.2 Å². The number of hydrazone groups is 1. The number of carbonyl (C=O) groups excluding carboxylic acids is 1. The molecule has 0 heterocycles. The van der Waals surface area contributed by atoms with Crippen LogP contribution < -0.4 is 19.0 Å². The number of sulfonamides is 1. The Morgan fingerprint density at radius 2 is 1.69 bits per heavy atom. The molecule has 0 aromatic heterocycles. The largest absolute Gasteiger partial charge is 0.493 e. The van der Waals surface area contributed by atoms with Gasteiger partial charge < -0.3 is 14.2 Å². The van der Waals surface area contributed by atoms with Gasteiger partial charge in [-0.3, -0.25) is 4.79 Å². The lowest BCUT2D eigenvalue weighted by atomic mass is 10.2. The first-order valence-electron chi connectivity index (χ1n) is 7.41. The molecule has 0 radical (unpaired) electrons. The highest BCUT2D eigenvalue weighted by atomic mass is 32.2. The first kappa shape index (κ1) is 19.3. The van der Waals surface area contributed by atoms with Crippen molar-refractivity contribution in [2.75, 3.05) is 14.2 Å². The lowest BCUT2D eigenvalue weighted by molar-refractivity contribution is -0.131. The molecule has 0 aliphatic heterocycles. The fourth-order valence-corrected chi connectivity index (χ4v) is 2.80. The van der Waals surface area contributed by atoms with Crippen molar-refractivity contribution in [2.45, 2.75) is 11.8 Å². The molecule has 26 heavy (non-hydrogen) atoms. The molecule has 0 aliphatic carbocycles. The van der Waals surface area contributed by atoms with Crippen LogP contribution in [0.3, 0.4) is 0 Å². The van der Waals surface area contributed by atoms with E-state index in [1.165, 1.54) is 45.6 Å². The summed E-state index contributed by atoms with van der Waals surface area (Å²) in [7, 11) is -0.989. The number of nitrogens with zero attached hydrogens (tertiary/aromatic N) is 1. The molecule has 0 amide bonds. The summed E-state index contributed by atoms with van der Waals surface area (Å²) in [4.78, 5) is 13.0. The second-order valence-electron chi connectivity index (χ2n) is 5.03. The minimum atomic E-state index is -3.86. The van der Waals surface area contributed by atoms with E-state index in [0.29, 0.717) is 22.8 Å². The highest BCUT2D eigenvalue weighted by Gasteiger charge is 2.16. The number of carbonyl (C=O) groups is 1. The maximum absolute atomic E-state index is 12.3. The van der Waals surface area contributed by atoms with Gasteiger partial charge in [-0.1, -0.05) is 0 Å². The molecule has 0 unspecified atom stereocenters. The number of esters is 1. The van der Waals surface area contributed by atoms with E-state index < -0.39 is 16.0 Å². The van der Waals surface area contributed by atoms with Crippen molar-refractivity contribution in [1.29, 1.82) is 0 Å². The van der Waals surface area contributed by atoms with Crippen molar-refractivity contribution in [3.8, 4) is 17.2 Å². The monoisotopic (exact) mass is 378 g/mol. The summed E-state index contributed by atoms with van der Waals surface area (Å²) in [6.07, 6.45) is 1.33. The Labute approximate surface area is 151 Å². The highest BCUT2D eigenvalue weighted by molar-refractivity contribution is 7.89. The molecule has 138 valence electrons. The van der Waals surface area contributed by atoms with Crippen molar-refractivity contribution >= 4 is 22.2 Å². The van der Waals surface area contributed by atoms with Crippen LogP contribution >= 0.6 is 0 Å². The Balaban J connectivity index is 2.10. The molecule has 1 N–H and O–H groups in total. The Morgan fingerprint density at radius 1 is 1.04 bits per heavy atom. The molecule has 0 aliphatic rings. The Morgan fingerprint density at radius 3 is 2.27 bits per heavy atom. The van der Waals surface area contributed by atoms with E-state index in [0.717, 1.165) is 0 Å². The van der Waals surface area contributed by atoms with Crippen molar-refractivity contribution in [3.05, 3.63) is 48.0 Å². The van der Waals surface area contributed by atoms with Gasteiger partial charge in [0.25, 0.3) is 10.0 Å². The fraction of sp³-hybridized carbons (Fsp3) is 0.176. The average molecular weight is 378 g/mol. The Bertz CT molecular complexity index is 907. The third-order valence-electron chi connectivity index (χ3n) is 3.19. The van der Waals surface area contributed by atoms with Gasteiger partial charge in [0.05, 0.1) is 25.3 Å². The number of nitrogens with one attached hydrogen (secondary N) is 1. The molecule has 0 saturated carbocycles. The summed E-state index contributed by atoms with van der Waals surface area (Å²) < 4.78 is 39.7. The van der Waals surface area contributed by atoms with E-state index >= 15 is 0 Å². The minimum absolute atomic E-state index is 0.0162. The summed E-state index contributed by atoms with van der Waals surface area (Å²) in [5.74, 6) is 0.679. The second kappa shape index (κ2) is 8.34. The summed E-state index contributed by atoms with van der Waals surface area (Å²) >= 11 is 0. The molecule has 0 bridgehead atoms. The van der Waals surface area contributed by atoms with Gasteiger partial charge >= 0.3 is 5.97 Å². The maximum atomic E-state index is 12.3. The first-order chi connectivity index (χ1) is 12.4. The van der Waals surface area contributed by atoms with Crippen LogP contribution in [0.5, 0.6) is 17.2 Å². The number of hydrogen-bond acceptors (Lipinski definition) is 7. The van der Waals surface area contributed by atoms with Crippen LogP contribution in [0.15, 0.2) is 52.5 Å². The number of benzene rings is 2. The van der Waals surface area contributed by atoms with Crippen LogP contribution in [0, 0.1) is 0 Å². The van der Waals surface area contributed by atoms with Gasteiger partial charge in [-0.05, 0) is 42.0 Å². The van der Waals surface area contributed by atoms with Gasteiger partial charge in [0, 0.05) is 13.0 Å². The fourth-order valence-electron chi connectivity index (χ4n) is 1.99. The van der Waals surface area contributed by atoms with Crippen LogP contribution in [-0.2, 0) is 14.8 Å². The van der Waals surface area contributed by atoms with Crippen molar-refractivity contribution < 1.29 is 27.4 Å². The molecule has 2 aromatic carbocycles. The Hall–Kier alpha value is -3.07. The van der Waals surface area contributed by atoms with E-state index in [1.807, 2.05) is 0 Å². The summed E-state index contributed by atoms with van der Waals surface area (Å²) in [6.45, 7) is 1.30. The van der Waals surface area contributed by atoms with Gasteiger partial charge in [-0.2, -0.15) is 13.5 Å². The molecule has 2 rings (SSSR count). The quantitative estimate of drug-likeness (QED) is 0.342. The number of rotatable bonds is 7. The molecule has 0 spiro atoms. The molecular formula is C17H18N2O6S. The lowest BCUT2D eigenvalue weighted by Gasteiger charge is -2.09. The summed E-state index contributed by atoms with van der Waals surface area (Å²) in [6, 6.07) is 10.6. The zero-order valence-corrected chi connectivity index (χ0v) is 15.2. The second-order valence-corrected chi connectivity index (χ2v) is 6.69. The SMILES string of the molecule is COc1ccc(S(=O)(=O)N/N=C/c2ccc(OC(C)=O)cc2)cc1OC. The van der Waals surface area contributed by atoms with Crippen molar-refractivity contribution in [1.82, 2.24) is 4.83 Å². The minimum Gasteiger partial charge on any atom is -0.493 e. The third-order valence-corrected chi connectivity index (χ3v) is 4.41. The molecular weight excluding hydrogens is 360 g/mol. The van der Waals surface area contributed by atoms with Crippen LogP contribution in [0.2, 0.25) is 0 Å². The van der Waals surface area contributed by atoms with Gasteiger partial charge in [-0.15, -0.1) is 0 Å². The number of hydrogen-bond donors (Lipinski definition) is 1. The van der Waals surface area contributed by atoms with Gasteiger partial charge in [0.15, 0.2) is 11.5 Å². The third kappa shape index (κ3) is 4.96. The van der Waals surface area contributed by atoms with Crippen LogP contribution in [0.25, 0.3) is 0 Å². The Kier molecular flexibility index (Phi) is 6.18. The van der Waals surface area contributed by atoms with Gasteiger partial charge in [0.2, 0.25) is 0 Å². The predicted octanol–water partition coefficient (Wildman–Crippen LogP) is 1.94. The van der Waals surface area contributed by atoms with Crippen molar-refractivity contribution in [2.24, 2.45) is 5.10 Å². The first-order valence-corrected chi connectivity index (χ1v) is 8.89. The number of methoxy groups -OCH3 is 2. The van der Waals surface area contributed by atoms with Gasteiger partial charge in [-0.25, -0.2) is 4.83 Å². The molecule has 2 aromatic rings. The highest BCUT2D eigenvalue weighted by Crippen LogP contribution is 2.29. The van der Waals surface area contributed by atoms with Crippen LogP contribution in [0.1, 0.15) is 12.5 Å². The predicted molar refractivity (Wildman–Crippen MR) is 95.2 cm³/mol. The van der Waals surface area contributed by atoms with Gasteiger partial charge in [0.1, 0.15) is 5.75 Å². The van der Waals surface area contributed by atoms with Crippen LogP contribution in [-0.4, -0.2) is 34.8 Å². The van der Waals surface area contributed by atoms with E-state index in [4.69, 9.17) is 14.2 Å². The molecule has 0 fully saturated rings. The lowest BCUT2D eigenvalue weighted by Crippen LogP contribution is -2.18. The maximum Gasteiger partial charge on any atom is 0.308 e. The standard InChI is InChI=1S/C17H18N2O6S/c1-12(20)25-14-6-4-13(5-7-14)11-18-19-26(21,22)15-8-9-16(23-2)17(10-15)24-3/h4-11,19H,1-3H3/b18-11+. The van der Waals surface area contributed by atoms with E-state index in [1.54, 1.807) is 24.3 Å². The smallest absolute Gasteiger partial charge is 0.308 e. The summed E-state index contributed by atoms with van der Waals surface area (Å²) in [5, 5.41) is 3.74. The molecule has 9 heteroatoms. The average Bonchev–Trinajstić information content (AvgIpc) is 2.62.